The van der Waals surface area contributed by atoms with Gasteiger partial charge in [-0.1, -0.05) is 170 Å². The van der Waals surface area contributed by atoms with Crippen LogP contribution in [0.4, 0.5) is 0 Å². The number of aromatic nitrogens is 2. The molecule has 0 amide bonds. The van der Waals surface area contributed by atoms with Gasteiger partial charge in [-0.05, 0) is 102 Å². The molecule has 2 nitrogen and oxygen atoms in total. The predicted molar refractivity (Wildman–Crippen MR) is 223 cm³/mol. The minimum atomic E-state index is 0.921. The molecule has 0 bridgehead atoms. The molecular formula is C51H34N2. The Bertz CT molecular complexity index is 2880. The summed E-state index contributed by atoms with van der Waals surface area (Å²) in [5.74, 6) is 0.921. The van der Waals surface area contributed by atoms with Crippen LogP contribution in [-0.4, -0.2) is 9.55 Å². The van der Waals surface area contributed by atoms with Crippen LogP contribution in [0.2, 0.25) is 0 Å². The van der Waals surface area contributed by atoms with Crippen LogP contribution in [0.25, 0.3) is 94.2 Å². The zero-order chi connectivity index (χ0) is 35.1. The Morgan fingerprint density at radius 1 is 0.302 bits per heavy atom. The Labute approximate surface area is 308 Å². The van der Waals surface area contributed by atoms with Crippen molar-refractivity contribution in [3.05, 3.63) is 206 Å². The standard InChI is InChI=1S/C51H34N2/c1-3-16-35(17-4-1)37-20-13-22-39(32-37)49-43-26-7-9-28-45(43)50(46-29-10-8-27-44(46)49)40-23-15-25-42(34-40)53-48-31-12-11-30-47(48)52-51(53)41-24-14-21-38(33-41)36-18-5-2-6-19-36/h1-34H. The van der Waals surface area contributed by atoms with E-state index < -0.39 is 0 Å². The van der Waals surface area contributed by atoms with Gasteiger partial charge in [0.05, 0.1) is 11.0 Å². The van der Waals surface area contributed by atoms with E-state index in [0.717, 1.165) is 28.1 Å². The number of para-hydroxylation sites is 2. The molecule has 0 aliphatic rings. The van der Waals surface area contributed by atoms with Crippen LogP contribution in [0.5, 0.6) is 0 Å². The van der Waals surface area contributed by atoms with Crippen LogP contribution in [0.3, 0.4) is 0 Å². The summed E-state index contributed by atoms with van der Waals surface area (Å²) >= 11 is 0. The molecule has 0 saturated heterocycles. The molecule has 0 radical (unpaired) electrons. The van der Waals surface area contributed by atoms with Crippen molar-refractivity contribution < 1.29 is 0 Å². The second kappa shape index (κ2) is 12.9. The van der Waals surface area contributed by atoms with Crippen molar-refractivity contribution in [1.29, 1.82) is 0 Å². The molecule has 0 atom stereocenters. The molecule has 9 aromatic carbocycles. The normalized spacial score (nSPS) is 11.4. The maximum absolute atomic E-state index is 5.23. The summed E-state index contributed by atoms with van der Waals surface area (Å²) in [7, 11) is 0. The van der Waals surface area contributed by atoms with Crippen LogP contribution in [0.1, 0.15) is 0 Å². The van der Waals surface area contributed by atoms with Crippen molar-refractivity contribution in [3.8, 4) is 61.6 Å². The van der Waals surface area contributed by atoms with Crippen LogP contribution < -0.4 is 0 Å². The number of hydrogen-bond donors (Lipinski definition) is 0. The number of benzene rings is 9. The van der Waals surface area contributed by atoms with Gasteiger partial charge < -0.3 is 0 Å². The minimum absolute atomic E-state index is 0.921. The molecule has 1 aromatic heterocycles. The highest BCUT2D eigenvalue weighted by atomic mass is 15.1. The Hall–Kier alpha value is -7.03. The van der Waals surface area contributed by atoms with Gasteiger partial charge in [0.1, 0.15) is 5.82 Å². The van der Waals surface area contributed by atoms with E-state index in [2.05, 4.69) is 211 Å². The zero-order valence-electron chi connectivity index (χ0n) is 29.0. The summed E-state index contributed by atoms with van der Waals surface area (Å²) < 4.78 is 2.32. The van der Waals surface area contributed by atoms with Gasteiger partial charge in [-0.15, -0.1) is 0 Å². The van der Waals surface area contributed by atoms with Crippen LogP contribution in [0, 0.1) is 0 Å². The number of fused-ring (bicyclic) bond motifs is 3. The fourth-order valence-corrected chi connectivity index (χ4v) is 7.99. The molecule has 0 spiro atoms. The lowest BCUT2D eigenvalue weighted by molar-refractivity contribution is 1.10. The number of nitrogens with zero attached hydrogens (tertiary/aromatic N) is 2. The summed E-state index contributed by atoms with van der Waals surface area (Å²) in [6.07, 6.45) is 0. The summed E-state index contributed by atoms with van der Waals surface area (Å²) in [6, 6.07) is 74.1. The highest BCUT2D eigenvalue weighted by Gasteiger charge is 2.19. The maximum Gasteiger partial charge on any atom is 0.145 e. The van der Waals surface area contributed by atoms with Crippen LogP contribution in [-0.2, 0) is 0 Å². The van der Waals surface area contributed by atoms with E-state index in [-0.39, 0.29) is 0 Å². The van der Waals surface area contributed by atoms with Gasteiger partial charge in [0, 0.05) is 11.3 Å². The van der Waals surface area contributed by atoms with Crippen molar-refractivity contribution >= 4 is 32.6 Å². The highest BCUT2D eigenvalue weighted by Crippen LogP contribution is 2.45. The van der Waals surface area contributed by atoms with Gasteiger partial charge in [-0.2, -0.15) is 0 Å². The maximum atomic E-state index is 5.23. The second-order valence-electron chi connectivity index (χ2n) is 13.5. The largest absolute Gasteiger partial charge is 0.292 e. The average molecular weight is 675 g/mol. The summed E-state index contributed by atoms with van der Waals surface area (Å²) in [6.45, 7) is 0. The quantitative estimate of drug-likeness (QED) is 0.161. The van der Waals surface area contributed by atoms with E-state index >= 15 is 0 Å². The monoisotopic (exact) mass is 674 g/mol. The van der Waals surface area contributed by atoms with Gasteiger partial charge >= 0.3 is 0 Å². The van der Waals surface area contributed by atoms with Crippen LogP contribution >= 0.6 is 0 Å². The minimum Gasteiger partial charge on any atom is -0.292 e. The second-order valence-corrected chi connectivity index (χ2v) is 13.5. The average Bonchev–Trinajstić information content (AvgIpc) is 3.63. The van der Waals surface area contributed by atoms with Crippen molar-refractivity contribution in [2.75, 3.05) is 0 Å². The van der Waals surface area contributed by atoms with Crippen molar-refractivity contribution in [1.82, 2.24) is 9.55 Å². The zero-order valence-corrected chi connectivity index (χ0v) is 29.0. The molecule has 10 aromatic rings. The van der Waals surface area contributed by atoms with Crippen molar-refractivity contribution in [3.63, 3.8) is 0 Å². The molecule has 53 heavy (non-hydrogen) atoms. The number of imidazole rings is 1. The first-order valence-corrected chi connectivity index (χ1v) is 18.1. The highest BCUT2D eigenvalue weighted by molar-refractivity contribution is 6.21. The third kappa shape index (κ3) is 5.40. The Morgan fingerprint density at radius 2 is 0.717 bits per heavy atom. The van der Waals surface area contributed by atoms with E-state index in [0.29, 0.717) is 0 Å². The fraction of sp³-hybridized carbons (Fsp3) is 0. The van der Waals surface area contributed by atoms with Gasteiger partial charge in [0.15, 0.2) is 0 Å². The summed E-state index contributed by atoms with van der Waals surface area (Å²) in [5, 5.41) is 4.94. The topological polar surface area (TPSA) is 17.8 Å². The smallest absolute Gasteiger partial charge is 0.145 e. The first-order valence-electron chi connectivity index (χ1n) is 18.1. The fourth-order valence-electron chi connectivity index (χ4n) is 7.99. The van der Waals surface area contributed by atoms with E-state index in [1.807, 2.05) is 0 Å². The van der Waals surface area contributed by atoms with Crippen LogP contribution in [0.15, 0.2) is 206 Å². The van der Waals surface area contributed by atoms with E-state index in [9.17, 15) is 0 Å². The molecule has 2 heteroatoms. The lowest BCUT2D eigenvalue weighted by atomic mass is 9.85. The molecule has 0 N–H and O–H groups in total. The number of rotatable bonds is 6. The molecule has 0 saturated carbocycles. The van der Waals surface area contributed by atoms with E-state index in [1.165, 1.54) is 66.1 Å². The third-order valence-electron chi connectivity index (χ3n) is 10.4. The Morgan fingerprint density at radius 3 is 1.30 bits per heavy atom. The molecular weight excluding hydrogens is 641 g/mol. The lowest BCUT2D eigenvalue weighted by Gasteiger charge is -2.19. The molecule has 0 aliphatic heterocycles. The first-order chi connectivity index (χ1) is 26.3. The number of hydrogen-bond acceptors (Lipinski definition) is 1. The lowest BCUT2D eigenvalue weighted by Crippen LogP contribution is -1.98. The van der Waals surface area contributed by atoms with Crippen molar-refractivity contribution in [2.24, 2.45) is 0 Å². The van der Waals surface area contributed by atoms with Gasteiger partial charge in [0.2, 0.25) is 0 Å². The predicted octanol–water partition coefficient (Wildman–Crippen LogP) is 13.7. The molecule has 248 valence electrons. The third-order valence-corrected chi connectivity index (χ3v) is 10.4. The van der Waals surface area contributed by atoms with Gasteiger partial charge in [-0.3, -0.25) is 4.57 Å². The SMILES string of the molecule is c1ccc(-c2cccc(-c3c4ccccc4c(-c4cccc(-n5c(-c6cccc(-c7ccccc7)c6)nc6ccccc65)c4)c4ccccc34)c2)cc1. The van der Waals surface area contributed by atoms with Crippen molar-refractivity contribution in [2.45, 2.75) is 0 Å². The van der Waals surface area contributed by atoms with E-state index in [1.54, 1.807) is 0 Å². The molecule has 0 unspecified atom stereocenters. The summed E-state index contributed by atoms with van der Waals surface area (Å²) in [5.41, 5.74) is 13.9. The molecule has 1 heterocycles. The molecule has 0 aliphatic carbocycles. The Balaban J connectivity index is 1.18. The van der Waals surface area contributed by atoms with Gasteiger partial charge in [0.25, 0.3) is 0 Å². The molecule has 10 rings (SSSR count). The van der Waals surface area contributed by atoms with E-state index in [4.69, 9.17) is 4.98 Å². The van der Waals surface area contributed by atoms with Gasteiger partial charge in [-0.25, -0.2) is 4.98 Å². The Kier molecular flexibility index (Phi) is 7.51. The summed E-state index contributed by atoms with van der Waals surface area (Å²) in [4.78, 5) is 5.23. The molecule has 0 fully saturated rings. The first kappa shape index (κ1) is 30.8.